The van der Waals surface area contributed by atoms with Crippen LogP contribution >= 0.6 is 0 Å². The number of rotatable bonds is 2. The van der Waals surface area contributed by atoms with Gasteiger partial charge in [-0.1, -0.05) is 18.2 Å². The third-order valence-electron chi connectivity index (χ3n) is 4.26. The number of benzene rings is 1. The molecular weight excluding hydrogens is 304 g/mol. The SMILES string of the molecule is Cc1cnc(C2COCCN2C(=O)c2cnc3ccccc3c2)[nH]1. The van der Waals surface area contributed by atoms with Crippen LogP contribution in [0.1, 0.15) is 27.9 Å². The molecule has 6 heteroatoms. The second-order valence-electron chi connectivity index (χ2n) is 5.96. The highest BCUT2D eigenvalue weighted by Crippen LogP contribution is 2.24. The number of aryl methyl sites for hydroxylation is 1. The van der Waals surface area contributed by atoms with Crippen molar-refractivity contribution in [2.75, 3.05) is 19.8 Å². The zero-order chi connectivity index (χ0) is 16.5. The summed E-state index contributed by atoms with van der Waals surface area (Å²) in [6.07, 6.45) is 3.41. The number of ether oxygens (including phenoxy) is 1. The maximum absolute atomic E-state index is 13.0. The van der Waals surface area contributed by atoms with E-state index >= 15 is 0 Å². The summed E-state index contributed by atoms with van der Waals surface area (Å²) in [5.41, 5.74) is 2.44. The molecule has 1 fully saturated rings. The summed E-state index contributed by atoms with van der Waals surface area (Å²) in [6, 6.07) is 9.48. The fourth-order valence-corrected chi connectivity index (χ4v) is 3.03. The van der Waals surface area contributed by atoms with Crippen molar-refractivity contribution in [2.45, 2.75) is 13.0 Å². The average Bonchev–Trinajstić information content (AvgIpc) is 3.07. The number of nitrogens with one attached hydrogen (secondary N) is 1. The molecule has 1 aliphatic rings. The van der Waals surface area contributed by atoms with Crippen LogP contribution in [0.4, 0.5) is 0 Å². The van der Waals surface area contributed by atoms with Gasteiger partial charge < -0.3 is 14.6 Å². The number of pyridine rings is 1. The number of H-pyrrole nitrogens is 1. The van der Waals surface area contributed by atoms with Gasteiger partial charge in [-0.05, 0) is 19.1 Å². The Bertz CT molecular complexity index is 889. The number of fused-ring (bicyclic) bond motifs is 1. The van der Waals surface area contributed by atoms with E-state index in [-0.39, 0.29) is 11.9 Å². The monoisotopic (exact) mass is 322 g/mol. The minimum absolute atomic E-state index is 0.0457. The van der Waals surface area contributed by atoms with Crippen molar-refractivity contribution in [1.29, 1.82) is 0 Å². The van der Waals surface area contributed by atoms with E-state index in [1.807, 2.05) is 42.2 Å². The van der Waals surface area contributed by atoms with Gasteiger partial charge in [0.15, 0.2) is 0 Å². The van der Waals surface area contributed by atoms with E-state index in [1.54, 1.807) is 12.4 Å². The molecule has 0 aliphatic carbocycles. The molecule has 1 atom stereocenters. The summed E-state index contributed by atoms with van der Waals surface area (Å²) in [5, 5.41) is 0.960. The van der Waals surface area contributed by atoms with Gasteiger partial charge in [0.25, 0.3) is 5.91 Å². The van der Waals surface area contributed by atoms with Crippen molar-refractivity contribution in [2.24, 2.45) is 0 Å². The van der Waals surface area contributed by atoms with E-state index in [1.165, 1.54) is 0 Å². The van der Waals surface area contributed by atoms with E-state index in [9.17, 15) is 4.79 Å². The number of amides is 1. The summed E-state index contributed by atoms with van der Waals surface area (Å²) < 4.78 is 5.56. The van der Waals surface area contributed by atoms with Crippen LogP contribution < -0.4 is 0 Å². The smallest absolute Gasteiger partial charge is 0.256 e. The highest BCUT2D eigenvalue weighted by atomic mass is 16.5. The van der Waals surface area contributed by atoms with Gasteiger partial charge in [-0.15, -0.1) is 0 Å². The first-order valence-corrected chi connectivity index (χ1v) is 7.97. The molecule has 6 nitrogen and oxygen atoms in total. The normalized spacial score (nSPS) is 18.0. The van der Waals surface area contributed by atoms with Crippen LogP contribution in [-0.4, -0.2) is 45.5 Å². The lowest BCUT2D eigenvalue weighted by molar-refractivity contribution is -0.00502. The summed E-state index contributed by atoms with van der Waals surface area (Å²) in [6.45, 7) is 3.46. The fraction of sp³-hybridized carbons (Fsp3) is 0.278. The van der Waals surface area contributed by atoms with Crippen molar-refractivity contribution < 1.29 is 9.53 Å². The molecule has 1 aliphatic heterocycles. The van der Waals surface area contributed by atoms with Gasteiger partial charge in [-0.25, -0.2) is 4.98 Å². The minimum Gasteiger partial charge on any atom is -0.377 e. The summed E-state index contributed by atoms with van der Waals surface area (Å²) in [4.78, 5) is 26.8. The Labute approximate surface area is 139 Å². The van der Waals surface area contributed by atoms with Crippen LogP contribution in [0.2, 0.25) is 0 Å². The first kappa shape index (κ1) is 14.8. The predicted molar refractivity (Wildman–Crippen MR) is 89.7 cm³/mol. The molecule has 3 heterocycles. The quantitative estimate of drug-likeness (QED) is 0.787. The zero-order valence-electron chi connectivity index (χ0n) is 13.4. The average molecular weight is 322 g/mol. The number of morpholine rings is 1. The van der Waals surface area contributed by atoms with Crippen molar-refractivity contribution >= 4 is 16.8 Å². The van der Waals surface area contributed by atoms with Gasteiger partial charge in [-0.3, -0.25) is 9.78 Å². The highest BCUT2D eigenvalue weighted by Gasteiger charge is 2.31. The Kier molecular flexibility index (Phi) is 3.74. The Morgan fingerprint density at radius 2 is 2.17 bits per heavy atom. The molecule has 1 N–H and O–H groups in total. The molecule has 122 valence electrons. The second kappa shape index (κ2) is 6.05. The van der Waals surface area contributed by atoms with Crippen LogP contribution in [-0.2, 0) is 4.74 Å². The summed E-state index contributed by atoms with van der Waals surface area (Å²) >= 11 is 0. The van der Waals surface area contributed by atoms with E-state index in [4.69, 9.17) is 4.74 Å². The molecule has 2 aromatic heterocycles. The lowest BCUT2D eigenvalue weighted by Gasteiger charge is -2.34. The first-order valence-electron chi connectivity index (χ1n) is 7.97. The molecule has 1 aromatic carbocycles. The van der Waals surface area contributed by atoms with Crippen LogP contribution in [0.15, 0.2) is 42.7 Å². The Morgan fingerprint density at radius 1 is 1.29 bits per heavy atom. The van der Waals surface area contributed by atoms with E-state index in [0.29, 0.717) is 25.3 Å². The number of hydrogen-bond donors (Lipinski definition) is 1. The van der Waals surface area contributed by atoms with Crippen molar-refractivity contribution in [3.05, 3.63) is 59.8 Å². The molecule has 0 saturated carbocycles. The van der Waals surface area contributed by atoms with Gasteiger partial charge in [-0.2, -0.15) is 0 Å². The van der Waals surface area contributed by atoms with Crippen molar-refractivity contribution in [1.82, 2.24) is 19.9 Å². The van der Waals surface area contributed by atoms with E-state index in [2.05, 4.69) is 15.0 Å². The maximum Gasteiger partial charge on any atom is 0.256 e. The van der Waals surface area contributed by atoms with E-state index in [0.717, 1.165) is 22.4 Å². The molecule has 1 saturated heterocycles. The van der Waals surface area contributed by atoms with Gasteiger partial charge in [0.05, 0.1) is 24.3 Å². The van der Waals surface area contributed by atoms with Crippen LogP contribution in [0.3, 0.4) is 0 Å². The minimum atomic E-state index is -0.202. The van der Waals surface area contributed by atoms with Gasteiger partial charge >= 0.3 is 0 Å². The Balaban J connectivity index is 1.67. The van der Waals surface area contributed by atoms with Crippen molar-refractivity contribution in [3.63, 3.8) is 0 Å². The number of aromatic amines is 1. The van der Waals surface area contributed by atoms with Crippen LogP contribution in [0.25, 0.3) is 10.9 Å². The molecule has 1 unspecified atom stereocenters. The predicted octanol–water partition coefficient (Wildman–Crippen LogP) is 2.48. The molecule has 0 radical (unpaired) electrons. The Morgan fingerprint density at radius 3 is 3.00 bits per heavy atom. The zero-order valence-corrected chi connectivity index (χ0v) is 13.4. The van der Waals surface area contributed by atoms with Crippen molar-refractivity contribution in [3.8, 4) is 0 Å². The lowest BCUT2D eigenvalue weighted by atomic mass is 10.1. The molecular formula is C18H18N4O2. The molecule has 4 rings (SSSR count). The fourth-order valence-electron chi connectivity index (χ4n) is 3.03. The number of nitrogens with zero attached hydrogens (tertiary/aromatic N) is 3. The van der Waals surface area contributed by atoms with Gasteiger partial charge in [0.1, 0.15) is 11.9 Å². The topological polar surface area (TPSA) is 71.1 Å². The number of carbonyl (C=O) groups excluding carboxylic acids is 1. The molecule has 3 aromatic rings. The number of para-hydroxylation sites is 1. The third kappa shape index (κ3) is 2.65. The third-order valence-corrected chi connectivity index (χ3v) is 4.26. The van der Waals surface area contributed by atoms with Gasteiger partial charge in [0.2, 0.25) is 0 Å². The van der Waals surface area contributed by atoms with Crippen LogP contribution in [0.5, 0.6) is 0 Å². The van der Waals surface area contributed by atoms with Gasteiger partial charge in [0, 0.05) is 30.0 Å². The maximum atomic E-state index is 13.0. The lowest BCUT2D eigenvalue weighted by Crippen LogP contribution is -2.43. The molecule has 1 amide bonds. The molecule has 24 heavy (non-hydrogen) atoms. The second-order valence-corrected chi connectivity index (χ2v) is 5.96. The number of imidazole rings is 1. The largest absolute Gasteiger partial charge is 0.377 e. The molecule has 0 bridgehead atoms. The number of hydrogen-bond acceptors (Lipinski definition) is 4. The molecule has 0 spiro atoms. The Hall–Kier alpha value is -2.73. The number of aromatic nitrogens is 3. The van der Waals surface area contributed by atoms with E-state index < -0.39 is 0 Å². The first-order chi connectivity index (χ1) is 11.7. The summed E-state index contributed by atoms with van der Waals surface area (Å²) in [7, 11) is 0. The van der Waals surface area contributed by atoms with Crippen LogP contribution in [0, 0.1) is 6.92 Å². The summed E-state index contributed by atoms with van der Waals surface area (Å²) in [5.74, 6) is 0.713. The number of carbonyl (C=O) groups is 1. The highest BCUT2D eigenvalue weighted by molar-refractivity contribution is 5.97. The standard InChI is InChI=1S/C18H18N4O2/c1-12-9-20-17(21-12)16-11-24-7-6-22(16)18(23)14-8-13-4-2-3-5-15(13)19-10-14/h2-5,8-10,16H,6-7,11H2,1H3,(H,20,21).